The Kier molecular flexibility index (Phi) is 5.52. The van der Waals surface area contributed by atoms with E-state index in [4.69, 9.17) is 9.47 Å². The predicted molar refractivity (Wildman–Crippen MR) is 81.2 cm³/mol. The minimum absolute atomic E-state index is 0.0486. The third-order valence-electron chi connectivity index (χ3n) is 3.73. The monoisotopic (exact) mass is 305 g/mol. The molecule has 1 aromatic carbocycles. The third-order valence-corrected chi connectivity index (χ3v) is 3.73. The predicted octanol–water partition coefficient (Wildman–Crippen LogP) is 3.43. The molecular formula is C16H19NO5. The van der Waals surface area contributed by atoms with E-state index in [-0.39, 0.29) is 11.9 Å². The Balaban J connectivity index is 2.09. The average molecular weight is 305 g/mol. The van der Waals surface area contributed by atoms with E-state index in [1.807, 2.05) is 0 Å². The van der Waals surface area contributed by atoms with Crippen LogP contribution in [0.15, 0.2) is 24.4 Å². The van der Waals surface area contributed by atoms with E-state index in [0.29, 0.717) is 17.1 Å². The van der Waals surface area contributed by atoms with Crippen molar-refractivity contribution in [3.05, 3.63) is 40.1 Å². The molecule has 1 fully saturated rings. The van der Waals surface area contributed by atoms with Gasteiger partial charge < -0.3 is 9.47 Å². The largest absolute Gasteiger partial charge is 0.493 e. The highest BCUT2D eigenvalue weighted by Gasteiger charge is 2.24. The van der Waals surface area contributed by atoms with Crippen LogP contribution in [0.4, 0.5) is 0 Å². The summed E-state index contributed by atoms with van der Waals surface area (Å²) >= 11 is 0. The first-order chi connectivity index (χ1) is 10.6. The number of carbonyl (C=O) groups excluding carboxylic acids is 1. The van der Waals surface area contributed by atoms with Crippen LogP contribution in [-0.4, -0.2) is 18.0 Å². The molecule has 118 valence electrons. The van der Waals surface area contributed by atoms with Crippen molar-refractivity contribution in [1.82, 2.24) is 0 Å². The highest BCUT2D eigenvalue weighted by atomic mass is 16.6. The second kappa shape index (κ2) is 7.59. The molecule has 0 aromatic heterocycles. The number of esters is 1. The van der Waals surface area contributed by atoms with E-state index in [9.17, 15) is 14.9 Å². The first-order valence-corrected chi connectivity index (χ1v) is 7.31. The molecule has 2 rings (SSSR count). The Bertz CT molecular complexity index is 576. The van der Waals surface area contributed by atoms with Gasteiger partial charge in [-0.25, -0.2) is 0 Å². The number of hydrogen-bond donors (Lipinski definition) is 0. The Labute approximate surface area is 128 Å². The van der Waals surface area contributed by atoms with Gasteiger partial charge in [-0.2, -0.15) is 0 Å². The summed E-state index contributed by atoms with van der Waals surface area (Å²) in [5.41, 5.74) is 0.603. The molecule has 0 atom stereocenters. The highest BCUT2D eigenvalue weighted by Crippen LogP contribution is 2.31. The van der Waals surface area contributed by atoms with Gasteiger partial charge >= 0.3 is 5.97 Å². The number of hydrogen-bond acceptors (Lipinski definition) is 5. The van der Waals surface area contributed by atoms with Crippen molar-refractivity contribution < 1.29 is 19.2 Å². The number of benzene rings is 1. The maximum absolute atomic E-state index is 12.2. The number of methoxy groups -OCH3 is 1. The lowest BCUT2D eigenvalue weighted by molar-refractivity contribution is -0.400. The summed E-state index contributed by atoms with van der Waals surface area (Å²) in [5.74, 6) is 0.449. The van der Waals surface area contributed by atoms with E-state index >= 15 is 0 Å². The number of nitrogens with zero attached hydrogens (tertiary/aromatic N) is 1. The van der Waals surface area contributed by atoms with Gasteiger partial charge in [0.2, 0.25) is 6.20 Å². The van der Waals surface area contributed by atoms with Gasteiger partial charge in [-0.3, -0.25) is 14.9 Å². The van der Waals surface area contributed by atoms with E-state index < -0.39 is 4.92 Å². The molecule has 0 bridgehead atoms. The molecule has 6 heteroatoms. The van der Waals surface area contributed by atoms with Gasteiger partial charge in [0, 0.05) is 6.08 Å². The lowest BCUT2D eigenvalue weighted by Crippen LogP contribution is -2.22. The normalized spacial score (nSPS) is 15.7. The van der Waals surface area contributed by atoms with Gasteiger partial charge in [0.1, 0.15) is 0 Å². The van der Waals surface area contributed by atoms with Crippen LogP contribution in [0.3, 0.4) is 0 Å². The average Bonchev–Trinajstić information content (AvgIpc) is 2.54. The number of ether oxygens (including phenoxy) is 2. The first kappa shape index (κ1) is 16.0. The topological polar surface area (TPSA) is 78.7 Å². The molecule has 0 radical (unpaired) electrons. The third kappa shape index (κ3) is 4.31. The maximum Gasteiger partial charge on any atom is 0.314 e. The van der Waals surface area contributed by atoms with Gasteiger partial charge in [0.15, 0.2) is 11.5 Å². The van der Waals surface area contributed by atoms with Crippen LogP contribution in [0.1, 0.15) is 37.7 Å². The summed E-state index contributed by atoms with van der Waals surface area (Å²) < 4.78 is 10.6. The summed E-state index contributed by atoms with van der Waals surface area (Å²) in [4.78, 5) is 21.9. The van der Waals surface area contributed by atoms with Crippen molar-refractivity contribution in [3.63, 3.8) is 0 Å². The fraction of sp³-hybridized carbons (Fsp3) is 0.438. The zero-order chi connectivity index (χ0) is 15.9. The molecule has 1 saturated carbocycles. The van der Waals surface area contributed by atoms with E-state index in [0.717, 1.165) is 31.9 Å². The van der Waals surface area contributed by atoms with Gasteiger partial charge in [-0.15, -0.1) is 0 Å². The molecule has 0 heterocycles. The van der Waals surface area contributed by atoms with Crippen molar-refractivity contribution in [2.75, 3.05) is 7.11 Å². The first-order valence-electron chi connectivity index (χ1n) is 7.31. The van der Waals surface area contributed by atoms with Gasteiger partial charge in [-0.1, -0.05) is 25.3 Å². The lowest BCUT2D eigenvalue weighted by Gasteiger charge is -2.20. The minimum Gasteiger partial charge on any atom is -0.493 e. The van der Waals surface area contributed by atoms with Gasteiger partial charge in [-0.05, 0) is 30.5 Å². The number of carbonyl (C=O) groups is 1. The van der Waals surface area contributed by atoms with E-state index in [1.54, 1.807) is 18.2 Å². The molecule has 0 unspecified atom stereocenters. The molecule has 0 amide bonds. The molecule has 1 aromatic rings. The summed E-state index contributed by atoms with van der Waals surface area (Å²) in [6.07, 6.45) is 7.22. The fourth-order valence-corrected chi connectivity index (χ4v) is 2.55. The molecule has 1 aliphatic rings. The highest BCUT2D eigenvalue weighted by molar-refractivity contribution is 5.76. The molecular weight excluding hydrogens is 286 g/mol. The van der Waals surface area contributed by atoms with Crippen LogP contribution in [-0.2, 0) is 4.79 Å². The van der Waals surface area contributed by atoms with Crippen molar-refractivity contribution in [3.8, 4) is 11.5 Å². The molecule has 0 spiro atoms. The van der Waals surface area contributed by atoms with Crippen molar-refractivity contribution in [1.29, 1.82) is 0 Å². The van der Waals surface area contributed by atoms with E-state index in [1.165, 1.54) is 19.6 Å². The van der Waals surface area contributed by atoms with Crippen LogP contribution in [0.5, 0.6) is 11.5 Å². The quantitative estimate of drug-likeness (QED) is 0.360. The maximum atomic E-state index is 12.2. The van der Waals surface area contributed by atoms with Crippen LogP contribution >= 0.6 is 0 Å². The van der Waals surface area contributed by atoms with Crippen molar-refractivity contribution in [2.45, 2.75) is 32.1 Å². The summed E-state index contributed by atoms with van der Waals surface area (Å²) in [5, 5.41) is 10.3. The van der Waals surface area contributed by atoms with Gasteiger partial charge in [0.25, 0.3) is 0 Å². The smallest absolute Gasteiger partial charge is 0.314 e. The molecule has 22 heavy (non-hydrogen) atoms. The molecule has 0 aliphatic heterocycles. The van der Waals surface area contributed by atoms with Crippen LogP contribution in [0.2, 0.25) is 0 Å². The molecule has 0 saturated heterocycles. The zero-order valence-electron chi connectivity index (χ0n) is 12.5. The van der Waals surface area contributed by atoms with Crippen LogP contribution in [0.25, 0.3) is 6.08 Å². The van der Waals surface area contributed by atoms with Crippen molar-refractivity contribution in [2.24, 2.45) is 5.92 Å². The Morgan fingerprint density at radius 1 is 1.27 bits per heavy atom. The lowest BCUT2D eigenvalue weighted by atomic mass is 9.89. The Hall–Kier alpha value is -2.37. The van der Waals surface area contributed by atoms with Gasteiger partial charge in [0.05, 0.1) is 18.0 Å². The standard InChI is InChI=1S/C16H19NO5/c1-21-15-11-12(9-10-17(19)20)7-8-14(15)22-16(18)13-5-3-2-4-6-13/h7-11,13H,2-6H2,1H3/b10-9+. The second-order valence-corrected chi connectivity index (χ2v) is 5.27. The number of rotatable bonds is 5. The number of nitro groups is 1. The van der Waals surface area contributed by atoms with Crippen molar-refractivity contribution >= 4 is 12.0 Å². The zero-order valence-corrected chi connectivity index (χ0v) is 12.5. The molecule has 1 aliphatic carbocycles. The summed E-state index contributed by atoms with van der Waals surface area (Å²) in [6, 6.07) is 4.84. The van der Waals surface area contributed by atoms with Crippen LogP contribution in [0, 0.1) is 16.0 Å². The molecule has 6 nitrogen and oxygen atoms in total. The Morgan fingerprint density at radius 2 is 2.00 bits per heavy atom. The Morgan fingerprint density at radius 3 is 2.64 bits per heavy atom. The fourth-order valence-electron chi connectivity index (χ4n) is 2.55. The summed E-state index contributed by atoms with van der Waals surface area (Å²) in [6.45, 7) is 0. The second-order valence-electron chi connectivity index (χ2n) is 5.27. The summed E-state index contributed by atoms with van der Waals surface area (Å²) in [7, 11) is 1.47. The van der Waals surface area contributed by atoms with E-state index in [2.05, 4.69) is 0 Å². The molecule has 0 N–H and O–H groups in total. The SMILES string of the molecule is COc1cc(/C=C/[N+](=O)[O-])ccc1OC(=O)C1CCCCC1. The minimum atomic E-state index is -0.538. The van der Waals surface area contributed by atoms with Crippen LogP contribution < -0.4 is 9.47 Å².